The maximum Gasteiger partial charge on any atom is 0.295 e. The van der Waals surface area contributed by atoms with Crippen molar-refractivity contribution in [3.63, 3.8) is 0 Å². The van der Waals surface area contributed by atoms with E-state index in [2.05, 4.69) is 43.8 Å². The second-order valence-electron chi connectivity index (χ2n) is 7.59. The highest BCUT2D eigenvalue weighted by atomic mass is 19.1. The van der Waals surface area contributed by atoms with Gasteiger partial charge in [0.2, 0.25) is 5.91 Å². The van der Waals surface area contributed by atoms with Crippen LogP contribution in [-0.2, 0) is 4.79 Å². The van der Waals surface area contributed by atoms with Gasteiger partial charge in [-0.3, -0.25) is 4.79 Å². The largest absolute Gasteiger partial charge is 0.423 e. The summed E-state index contributed by atoms with van der Waals surface area (Å²) < 4.78 is 36.4. The molecule has 1 aliphatic heterocycles. The summed E-state index contributed by atoms with van der Waals surface area (Å²) in [6.45, 7) is 4.45. The van der Waals surface area contributed by atoms with Gasteiger partial charge in [0.1, 0.15) is 29.2 Å². The van der Waals surface area contributed by atoms with Crippen LogP contribution in [0.25, 0.3) is 22.1 Å². The zero-order valence-corrected chi connectivity index (χ0v) is 18.0. The molecule has 172 valence electrons. The van der Waals surface area contributed by atoms with Gasteiger partial charge in [0.15, 0.2) is 17.0 Å². The summed E-state index contributed by atoms with van der Waals surface area (Å²) in [5, 5.41) is 7.52. The van der Waals surface area contributed by atoms with E-state index in [1.807, 2.05) is 0 Å². The Morgan fingerprint density at radius 3 is 2.97 bits per heavy atom. The molecule has 5 rings (SSSR count). The van der Waals surface area contributed by atoms with E-state index in [9.17, 15) is 13.6 Å². The fourth-order valence-electron chi connectivity index (χ4n) is 3.95. The van der Waals surface area contributed by atoms with Crippen molar-refractivity contribution < 1.29 is 18.0 Å². The SMILES string of the molecule is C=CC(=O)N1CC[C@H](n2nc(C#Cc3c(F)cc4oc(NC)nc4c3F)c3c(N)ncnc32)C1. The van der Waals surface area contributed by atoms with Crippen LogP contribution in [0.1, 0.15) is 23.7 Å². The molecule has 1 fully saturated rings. The molecule has 0 unspecified atom stereocenters. The highest BCUT2D eigenvalue weighted by molar-refractivity contribution is 5.91. The highest BCUT2D eigenvalue weighted by Gasteiger charge is 2.29. The second kappa shape index (κ2) is 8.11. The van der Waals surface area contributed by atoms with Gasteiger partial charge in [-0.2, -0.15) is 10.1 Å². The Labute approximate surface area is 191 Å². The van der Waals surface area contributed by atoms with Crippen LogP contribution in [0.5, 0.6) is 0 Å². The fraction of sp³-hybridized carbons (Fsp3) is 0.227. The molecule has 1 amide bonds. The van der Waals surface area contributed by atoms with E-state index in [1.54, 1.807) is 16.6 Å². The molecule has 0 radical (unpaired) electrons. The minimum absolute atomic E-state index is 0.0443. The summed E-state index contributed by atoms with van der Waals surface area (Å²) in [4.78, 5) is 25.9. The molecule has 34 heavy (non-hydrogen) atoms. The fourth-order valence-corrected chi connectivity index (χ4v) is 3.95. The Bertz CT molecular complexity index is 1530. The third-order valence-corrected chi connectivity index (χ3v) is 5.61. The van der Waals surface area contributed by atoms with Crippen molar-refractivity contribution in [3.8, 4) is 11.8 Å². The van der Waals surface area contributed by atoms with Gasteiger partial charge in [0.05, 0.1) is 17.0 Å². The molecule has 0 aliphatic carbocycles. The number of halogens is 2. The number of hydrogen-bond donors (Lipinski definition) is 2. The Balaban J connectivity index is 1.59. The molecule has 12 heteroatoms. The van der Waals surface area contributed by atoms with Gasteiger partial charge in [0, 0.05) is 26.2 Å². The number of nitrogens with zero attached hydrogens (tertiary/aromatic N) is 6. The van der Waals surface area contributed by atoms with Crippen molar-refractivity contribution in [3.05, 3.63) is 47.9 Å². The number of anilines is 2. The zero-order valence-electron chi connectivity index (χ0n) is 18.0. The predicted octanol–water partition coefficient (Wildman–Crippen LogP) is 2.23. The van der Waals surface area contributed by atoms with Gasteiger partial charge in [-0.05, 0) is 18.4 Å². The monoisotopic (exact) mass is 464 g/mol. The van der Waals surface area contributed by atoms with Gasteiger partial charge in [0.25, 0.3) is 6.01 Å². The van der Waals surface area contributed by atoms with Gasteiger partial charge in [-0.15, -0.1) is 0 Å². The van der Waals surface area contributed by atoms with Crippen LogP contribution in [0, 0.1) is 23.5 Å². The summed E-state index contributed by atoms with van der Waals surface area (Å²) in [5.41, 5.74) is 5.97. The van der Waals surface area contributed by atoms with E-state index < -0.39 is 17.2 Å². The summed E-state index contributed by atoms with van der Waals surface area (Å²) in [6.07, 6.45) is 3.19. The average Bonchev–Trinajstić information content (AvgIpc) is 3.55. The lowest BCUT2D eigenvalue weighted by Crippen LogP contribution is -2.27. The van der Waals surface area contributed by atoms with Crippen molar-refractivity contribution in [2.75, 3.05) is 31.2 Å². The van der Waals surface area contributed by atoms with E-state index in [0.29, 0.717) is 30.5 Å². The number of aromatic nitrogens is 5. The number of oxazole rings is 1. The first-order valence-corrected chi connectivity index (χ1v) is 10.3. The molecule has 0 saturated carbocycles. The Morgan fingerprint density at radius 2 is 2.21 bits per heavy atom. The zero-order chi connectivity index (χ0) is 24.0. The molecule has 3 aromatic heterocycles. The Kier molecular flexibility index (Phi) is 5.09. The van der Waals surface area contributed by atoms with Crippen molar-refractivity contribution >= 4 is 39.9 Å². The number of amides is 1. The normalized spacial score (nSPS) is 15.5. The van der Waals surface area contributed by atoms with Gasteiger partial charge in [-0.25, -0.2) is 23.4 Å². The summed E-state index contributed by atoms with van der Waals surface area (Å²) in [6, 6.07) is 0.888. The van der Waals surface area contributed by atoms with E-state index >= 15 is 0 Å². The molecule has 3 N–H and O–H groups in total. The van der Waals surface area contributed by atoms with Crippen molar-refractivity contribution in [1.29, 1.82) is 0 Å². The second-order valence-corrected chi connectivity index (χ2v) is 7.59. The number of likely N-dealkylation sites (tertiary alicyclic amines) is 1. The topological polar surface area (TPSA) is 128 Å². The van der Waals surface area contributed by atoms with Gasteiger partial charge < -0.3 is 20.4 Å². The maximum absolute atomic E-state index is 15.0. The minimum atomic E-state index is -0.949. The number of carbonyl (C=O) groups is 1. The standard InChI is InChI=1S/C22H18F2N8O2/c1-3-16(33)31-7-6-11(9-31)32-21-17(20(25)27-10-28-21)14(30-32)5-4-12-13(23)8-15-19(18(12)24)29-22(26-2)34-15/h3,8,10-11H,1,6-7,9H2,2H3,(H,26,29)(H2,25,27,28)/t11-/m0/s1. The Hall–Kier alpha value is -4.53. The molecule has 4 aromatic rings. The van der Waals surface area contributed by atoms with Crippen LogP contribution in [-0.4, -0.2) is 55.7 Å². The minimum Gasteiger partial charge on any atom is -0.423 e. The molecular weight excluding hydrogens is 446 g/mol. The van der Waals surface area contributed by atoms with Crippen LogP contribution < -0.4 is 11.1 Å². The highest BCUT2D eigenvalue weighted by Crippen LogP contribution is 2.29. The predicted molar refractivity (Wildman–Crippen MR) is 120 cm³/mol. The molecule has 1 saturated heterocycles. The summed E-state index contributed by atoms with van der Waals surface area (Å²) >= 11 is 0. The van der Waals surface area contributed by atoms with Crippen LogP contribution >= 0.6 is 0 Å². The van der Waals surface area contributed by atoms with E-state index in [-0.39, 0.29) is 40.6 Å². The number of hydrogen-bond acceptors (Lipinski definition) is 8. The number of rotatable bonds is 3. The van der Waals surface area contributed by atoms with Crippen LogP contribution in [0.15, 0.2) is 29.5 Å². The number of fused-ring (bicyclic) bond motifs is 2. The van der Waals surface area contributed by atoms with Crippen molar-refractivity contribution in [1.82, 2.24) is 29.6 Å². The number of nitrogen functional groups attached to an aromatic ring is 1. The molecule has 1 aromatic carbocycles. The van der Waals surface area contributed by atoms with Gasteiger partial charge in [-0.1, -0.05) is 12.5 Å². The summed E-state index contributed by atoms with van der Waals surface area (Å²) in [7, 11) is 1.55. The molecule has 1 aliphatic rings. The van der Waals surface area contributed by atoms with Crippen LogP contribution in [0.3, 0.4) is 0 Å². The van der Waals surface area contributed by atoms with Crippen molar-refractivity contribution in [2.45, 2.75) is 12.5 Å². The average molecular weight is 464 g/mol. The first-order valence-electron chi connectivity index (χ1n) is 10.3. The molecule has 4 heterocycles. The molecule has 10 nitrogen and oxygen atoms in total. The lowest BCUT2D eigenvalue weighted by atomic mass is 10.1. The number of carbonyl (C=O) groups excluding carboxylic acids is 1. The van der Waals surface area contributed by atoms with Crippen molar-refractivity contribution in [2.24, 2.45) is 0 Å². The number of benzene rings is 1. The molecule has 0 bridgehead atoms. The quantitative estimate of drug-likeness (QED) is 0.349. The third-order valence-electron chi connectivity index (χ3n) is 5.61. The Morgan fingerprint density at radius 1 is 1.38 bits per heavy atom. The van der Waals surface area contributed by atoms with Gasteiger partial charge >= 0.3 is 0 Å². The van der Waals surface area contributed by atoms with E-state index in [4.69, 9.17) is 10.2 Å². The lowest BCUT2D eigenvalue weighted by Gasteiger charge is -2.14. The van der Waals surface area contributed by atoms with E-state index in [1.165, 1.54) is 12.4 Å². The molecular formula is C22H18F2N8O2. The van der Waals surface area contributed by atoms with Crippen LogP contribution in [0.4, 0.5) is 20.6 Å². The molecule has 1 atom stereocenters. The van der Waals surface area contributed by atoms with Crippen LogP contribution in [0.2, 0.25) is 0 Å². The summed E-state index contributed by atoms with van der Waals surface area (Å²) in [5.74, 6) is 3.32. The first-order chi connectivity index (χ1) is 16.4. The number of nitrogens with two attached hydrogens (primary N) is 1. The maximum atomic E-state index is 15.0. The number of nitrogens with one attached hydrogen (secondary N) is 1. The first kappa shape index (κ1) is 21.3. The smallest absolute Gasteiger partial charge is 0.295 e. The van der Waals surface area contributed by atoms with E-state index in [0.717, 1.165) is 6.07 Å². The molecule has 0 spiro atoms. The third kappa shape index (κ3) is 3.38. The lowest BCUT2D eigenvalue weighted by molar-refractivity contribution is -0.125.